The summed E-state index contributed by atoms with van der Waals surface area (Å²) in [7, 11) is 0. The van der Waals surface area contributed by atoms with Gasteiger partial charge in [-0.1, -0.05) is 75.2 Å². The largest absolute Gasteiger partial charge is 0.481 e. The van der Waals surface area contributed by atoms with Crippen LogP contribution in [0.15, 0.2) is 48.5 Å². The Morgan fingerprint density at radius 1 is 1.09 bits per heavy atom. The van der Waals surface area contributed by atoms with E-state index in [4.69, 9.17) is 23.2 Å². The van der Waals surface area contributed by atoms with Gasteiger partial charge in [-0.25, -0.2) is 0 Å². The van der Waals surface area contributed by atoms with Gasteiger partial charge in [-0.2, -0.15) is 0 Å². The summed E-state index contributed by atoms with van der Waals surface area (Å²) in [6, 6.07) is 13.6. The van der Waals surface area contributed by atoms with Crippen LogP contribution >= 0.6 is 23.2 Å². The predicted molar refractivity (Wildman–Crippen MR) is 139 cm³/mol. The molecular formula is C28H33Cl2NO4. The van der Waals surface area contributed by atoms with Crippen LogP contribution < -0.4 is 0 Å². The lowest BCUT2D eigenvalue weighted by Gasteiger charge is -2.51. The summed E-state index contributed by atoms with van der Waals surface area (Å²) < 4.78 is 0. The molecule has 0 bridgehead atoms. The van der Waals surface area contributed by atoms with Crippen molar-refractivity contribution in [3.8, 4) is 0 Å². The Labute approximate surface area is 217 Å². The molecular weight excluding hydrogens is 485 g/mol. The number of amides is 1. The Bertz CT molecular complexity index is 1080. The Balaban J connectivity index is 2.25. The minimum atomic E-state index is -1.17. The zero-order chi connectivity index (χ0) is 25.9. The lowest BCUT2D eigenvalue weighted by Crippen LogP contribution is -2.58. The van der Waals surface area contributed by atoms with E-state index in [9.17, 15) is 19.5 Å². The molecule has 35 heavy (non-hydrogen) atoms. The first-order valence-electron chi connectivity index (χ1n) is 12.0. The average molecular weight is 518 g/mol. The van der Waals surface area contributed by atoms with E-state index in [0.717, 1.165) is 11.1 Å². The molecule has 7 heteroatoms. The number of nitrogens with zero attached hydrogens (tertiary/aromatic N) is 1. The maximum absolute atomic E-state index is 14.1. The van der Waals surface area contributed by atoms with Gasteiger partial charge in [0.1, 0.15) is 0 Å². The van der Waals surface area contributed by atoms with Gasteiger partial charge in [0.15, 0.2) is 5.78 Å². The van der Waals surface area contributed by atoms with Crippen molar-refractivity contribution >= 4 is 40.9 Å². The van der Waals surface area contributed by atoms with Crippen molar-refractivity contribution in [1.82, 2.24) is 4.90 Å². The third-order valence-corrected chi connectivity index (χ3v) is 7.32. The lowest BCUT2D eigenvalue weighted by molar-refractivity contribution is -0.162. The van der Waals surface area contributed by atoms with Crippen molar-refractivity contribution in [2.75, 3.05) is 0 Å². The fraction of sp³-hybridized carbons (Fsp3) is 0.464. The number of carbonyl (C=O) groups excluding carboxylic acids is 2. The third-order valence-electron chi connectivity index (χ3n) is 6.84. The fourth-order valence-corrected chi connectivity index (χ4v) is 5.67. The molecule has 1 heterocycles. The summed E-state index contributed by atoms with van der Waals surface area (Å²) in [5.41, 5.74) is 0.575. The van der Waals surface area contributed by atoms with Gasteiger partial charge >= 0.3 is 5.97 Å². The van der Waals surface area contributed by atoms with Crippen molar-refractivity contribution < 1.29 is 19.5 Å². The summed E-state index contributed by atoms with van der Waals surface area (Å²) in [5.74, 6) is -1.49. The van der Waals surface area contributed by atoms with Crippen LogP contribution in [0.25, 0.3) is 0 Å². The second kappa shape index (κ2) is 11.1. The molecule has 0 aromatic heterocycles. The first kappa shape index (κ1) is 27.2. The van der Waals surface area contributed by atoms with Crippen molar-refractivity contribution in [3.05, 3.63) is 69.7 Å². The van der Waals surface area contributed by atoms with Gasteiger partial charge in [-0.3, -0.25) is 14.4 Å². The summed E-state index contributed by atoms with van der Waals surface area (Å²) in [6.45, 7) is 7.55. The maximum atomic E-state index is 14.1. The van der Waals surface area contributed by atoms with Gasteiger partial charge in [0.2, 0.25) is 5.91 Å². The first-order valence-corrected chi connectivity index (χ1v) is 12.8. The topological polar surface area (TPSA) is 74.7 Å². The predicted octanol–water partition coefficient (Wildman–Crippen LogP) is 6.93. The summed E-state index contributed by atoms with van der Waals surface area (Å²) in [6.07, 6.45) is 0.776. The molecule has 0 spiro atoms. The molecule has 1 amide bonds. The molecule has 1 saturated heterocycles. The number of piperidine rings is 1. The highest BCUT2D eigenvalue weighted by atomic mass is 35.5. The van der Waals surface area contributed by atoms with Crippen molar-refractivity contribution in [2.45, 2.75) is 71.4 Å². The molecule has 1 fully saturated rings. The van der Waals surface area contributed by atoms with E-state index in [0.29, 0.717) is 29.3 Å². The van der Waals surface area contributed by atoms with Crippen molar-refractivity contribution in [2.24, 2.45) is 11.3 Å². The first-order chi connectivity index (χ1) is 16.5. The molecule has 1 aliphatic rings. The second-order valence-corrected chi connectivity index (χ2v) is 11.1. The minimum absolute atomic E-state index is 0.0146. The molecule has 0 radical (unpaired) electrons. The molecule has 0 saturated carbocycles. The van der Waals surface area contributed by atoms with Gasteiger partial charge in [-0.05, 0) is 54.2 Å². The zero-order valence-electron chi connectivity index (χ0n) is 20.6. The number of rotatable bonds is 9. The molecule has 1 aliphatic heterocycles. The highest BCUT2D eigenvalue weighted by Crippen LogP contribution is 2.52. The molecule has 2 aromatic rings. The fourth-order valence-electron chi connectivity index (χ4n) is 5.34. The minimum Gasteiger partial charge on any atom is -0.481 e. The van der Waals surface area contributed by atoms with E-state index < -0.39 is 23.5 Å². The molecule has 5 nitrogen and oxygen atoms in total. The number of benzene rings is 2. The molecule has 4 atom stereocenters. The molecule has 3 unspecified atom stereocenters. The number of hydrogen-bond acceptors (Lipinski definition) is 3. The number of aliphatic carboxylic acids is 1. The standard InChI is InChI=1S/C28H33Cl2NO4/c1-5-23(24(32)13-17(2)3)31-26(18-9-11-20(29)12-10-18)22(19-7-6-8-21(30)14-19)15-28(4,27(31)35)16-25(33)34/h6-12,14,17,22-23,26H,5,13,15-16H2,1-4H3,(H,33,34)/t22?,23?,26?,28-/m1/s1. The van der Waals surface area contributed by atoms with Crippen LogP contribution in [0.1, 0.15) is 76.5 Å². The summed E-state index contributed by atoms with van der Waals surface area (Å²) in [4.78, 5) is 41.1. The van der Waals surface area contributed by atoms with E-state index in [-0.39, 0.29) is 29.9 Å². The van der Waals surface area contributed by atoms with E-state index in [1.54, 1.807) is 30.0 Å². The Kier molecular flexibility index (Phi) is 8.66. The maximum Gasteiger partial charge on any atom is 0.304 e. The molecule has 188 valence electrons. The van der Waals surface area contributed by atoms with Crippen LogP contribution in [0.4, 0.5) is 0 Å². The number of carboxylic acids is 1. The Hall–Kier alpha value is -2.37. The number of hydrogen-bond donors (Lipinski definition) is 1. The third kappa shape index (κ3) is 6.07. The lowest BCUT2D eigenvalue weighted by atomic mass is 9.66. The summed E-state index contributed by atoms with van der Waals surface area (Å²) >= 11 is 12.5. The van der Waals surface area contributed by atoms with Gasteiger partial charge in [0.05, 0.1) is 23.9 Å². The molecule has 2 aromatic carbocycles. The normalized spacial score (nSPS) is 23.4. The van der Waals surface area contributed by atoms with Crippen LogP contribution in [-0.4, -0.2) is 33.7 Å². The molecule has 1 N–H and O–H groups in total. The van der Waals surface area contributed by atoms with E-state index >= 15 is 0 Å². The monoisotopic (exact) mass is 517 g/mol. The Morgan fingerprint density at radius 3 is 2.29 bits per heavy atom. The number of carbonyl (C=O) groups is 3. The Morgan fingerprint density at radius 2 is 1.74 bits per heavy atom. The molecule has 0 aliphatic carbocycles. The average Bonchev–Trinajstić information content (AvgIpc) is 2.77. The van der Waals surface area contributed by atoms with Gasteiger partial charge in [0, 0.05) is 22.4 Å². The number of carboxylic acid groups (broad SMARTS) is 1. The van der Waals surface area contributed by atoms with Crippen molar-refractivity contribution in [3.63, 3.8) is 0 Å². The smallest absolute Gasteiger partial charge is 0.304 e. The SMILES string of the molecule is CCC(C(=O)CC(C)C)N1C(=O)[C@@](C)(CC(=O)O)CC(c2cccc(Cl)c2)C1c1ccc(Cl)cc1. The van der Waals surface area contributed by atoms with Crippen LogP contribution in [0, 0.1) is 11.3 Å². The zero-order valence-corrected chi connectivity index (χ0v) is 22.1. The van der Waals surface area contributed by atoms with Gasteiger partial charge in [0.25, 0.3) is 0 Å². The highest BCUT2D eigenvalue weighted by Gasteiger charge is 2.53. The van der Waals surface area contributed by atoms with E-state index in [1.165, 1.54) is 0 Å². The number of likely N-dealkylation sites (tertiary alicyclic amines) is 1. The van der Waals surface area contributed by atoms with Crippen LogP contribution in [0.2, 0.25) is 10.0 Å². The number of halogens is 2. The quantitative estimate of drug-likeness (QED) is 0.391. The van der Waals surface area contributed by atoms with Crippen LogP contribution in [0.3, 0.4) is 0 Å². The molecule has 3 rings (SSSR count). The van der Waals surface area contributed by atoms with Gasteiger partial charge < -0.3 is 10.0 Å². The van der Waals surface area contributed by atoms with E-state index in [1.807, 2.05) is 51.1 Å². The summed E-state index contributed by atoms with van der Waals surface area (Å²) in [5, 5.41) is 10.8. The van der Waals surface area contributed by atoms with Crippen LogP contribution in [-0.2, 0) is 14.4 Å². The van der Waals surface area contributed by atoms with Gasteiger partial charge in [-0.15, -0.1) is 0 Å². The number of Topliss-reactive ketones (excluding diaryl/α,β-unsaturated/α-hetero) is 1. The second-order valence-electron chi connectivity index (χ2n) is 10.2. The van der Waals surface area contributed by atoms with E-state index in [2.05, 4.69) is 0 Å². The highest BCUT2D eigenvalue weighted by molar-refractivity contribution is 6.30. The number of ketones is 1. The van der Waals surface area contributed by atoms with Crippen molar-refractivity contribution in [1.29, 1.82) is 0 Å². The van der Waals surface area contributed by atoms with Crippen LogP contribution in [0.5, 0.6) is 0 Å².